The lowest BCUT2D eigenvalue weighted by Gasteiger charge is -2.52. The number of nitrogens with zero attached hydrogens (tertiary/aromatic N) is 1. The van der Waals surface area contributed by atoms with Crippen molar-refractivity contribution in [1.82, 2.24) is 10.2 Å². The van der Waals surface area contributed by atoms with E-state index in [1.165, 1.54) is 51.7 Å². The van der Waals surface area contributed by atoms with Gasteiger partial charge < -0.3 is 5.32 Å². The molecular weight excluding hydrogens is 244 g/mol. The molecule has 2 saturated carbocycles. The van der Waals surface area contributed by atoms with E-state index in [0.717, 1.165) is 12.0 Å². The summed E-state index contributed by atoms with van der Waals surface area (Å²) in [6, 6.07) is 0.800. The summed E-state index contributed by atoms with van der Waals surface area (Å²) < 4.78 is 0. The Morgan fingerprint density at radius 1 is 0.950 bits per heavy atom. The maximum absolute atomic E-state index is 3.83. The van der Waals surface area contributed by atoms with Crippen molar-refractivity contribution >= 4 is 0 Å². The predicted molar refractivity (Wildman–Crippen MR) is 85.9 cm³/mol. The molecule has 1 atom stereocenters. The molecule has 1 N–H and O–H groups in total. The molecule has 3 aliphatic rings. The van der Waals surface area contributed by atoms with Gasteiger partial charge >= 0.3 is 0 Å². The van der Waals surface area contributed by atoms with Gasteiger partial charge in [0.1, 0.15) is 0 Å². The molecule has 2 aliphatic carbocycles. The molecule has 1 aliphatic heterocycles. The van der Waals surface area contributed by atoms with E-state index in [-0.39, 0.29) is 0 Å². The minimum Gasteiger partial charge on any atom is -0.309 e. The molecule has 2 nitrogen and oxygen atoms in total. The van der Waals surface area contributed by atoms with E-state index in [1.54, 1.807) is 0 Å². The van der Waals surface area contributed by atoms with Crippen LogP contribution in [-0.2, 0) is 0 Å². The van der Waals surface area contributed by atoms with Gasteiger partial charge in [0.2, 0.25) is 0 Å². The van der Waals surface area contributed by atoms with Crippen molar-refractivity contribution in [3.63, 3.8) is 0 Å². The van der Waals surface area contributed by atoms with E-state index in [9.17, 15) is 0 Å². The molecule has 20 heavy (non-hydrogen) atoms. The fraction of sp³-hybridized carbons (Fsp3) is 1.00. The Bertz CT molecular complexity index is 354. The van der Waals surface area contributed by atoms with E-state index < -0.39 is 0 Å². The van der Waals surface area contributed by atoms with Crippen molar-refractivity contribution < 1.29 is 0 Å². The largest absolute Gasteiger partial charge is 0.309 e. The van der Waals surface area contributed by atoms with Crippen LogP contribution >= 0.6 is 0 Å². The predicted octanol–water partition coefficient (Wildman–Crippen LogP) is 3.67. The lowest BCUT2D eigenvalue weighted by atomic mass is 9.63. The standard InChI is InChI=1S/C18H34N2/c1-16(2)10-15(11-17(3,4)12-16)20-9-8-19-18(5,13-20)14-6-7-14/h14-15,19H,6-13H2,1-5H3. The van der Waals surface area contributed by atoms with Crippen LogP contribution in [0.25, 0.3) is 0 Å². The third-order valence-corrected chi connectivity index (χ3v) is 5.99. The molecule has 1 heterocycles. The monoisotopic (exact) mass is 278 g/mol. The Balaban J connectivity index is 1.71. The van der Waals surface area contributed by atoms with Gasteiger partial charge in [-0.15, -0.1) is 0 Å². The molecule has 0 amide bonds. The van der Waals surface area contributed by atoms with E-state index in [0.29, 0.717) is 16.4 Å². The second kappa shape index (κ2) is 4.71. The highest BCUT2D eigenvalue weighted by atomic mass is 15.2. The van der Waals surface area contributed by atoms with E-state index in [1.807, 2.05) is 0 Å². The molecule has 3 fully saturated rings. The van der Waals surface area contributed by atoms with Crippen LogP contribution in [0.15, 0.2) is 0 Å². The van der Waals surface area contributed by atoms with Gasteiger partial charge in [0.15, 0.2) is 0 Å². The first-order chi connectivity index (χ1) is 9.19. The Morgan fingerprint density at radius 3 is 2.10 bits per heavy atom. The number of hydrogen-bond acceptors (Lipinski definition) is 2. The molecule has 0 spiro atoms. The maximum Gasteiger partial charge on any atom is 0.0309 e. The first-order valence-electron chi connectivity index (χ1n) is 8.68. The van der Waals surface area contributed by atoms with Crippen LogP contribution in [0.1, 0.15) is 66.7 Å². The minimum absolute atomic E-state index is 0.393. The van der Waals surface area contributed by atoms with Gasteiger partial charge in [0.05, 0.1) is 0 Å². The fourth-order valence-electron chi connectivity index (χ4n) is 5.39. The van der Waals surface area contributed by atoms with Crippen LogP contribution in [0.2, 0.25) is 0 Å². The van der Waals surface area contributed by atoms with E-state index in [2.05, 4.69) is 44.8 Å². The van der Waals surface area contributed by atoms with Gasteiger partial charge in [-0.05, 0) is 55.8 Å². The van der Waals surface area contributed by atoms with Crippen molar-refractivity contribution in [2.45, 2.75) is 78.3 Å². The zero-order chi connectivity index (χ0) is 14.6. The van der Waals surface area contributed by atoms with Crippen molar-refractivity contribution in [2.75, 3.05) is 19.6 Å². The third kappa shape index (κ3) is 3.06. The van der Waals surface area contributed by atoms with Crippen molar-refractivity contribution in [3.8, 4) is 0 Å². The van der Waals surface area contributed by atoms with Crippen LogP contribution in [0.3, 0.4) is 0 Å². The Hall–Kier alpha value is -0.0800. The number of hydrogen-bond donors (Lipinski definition) is 1. The van der Waals surface area contributed by atoms with E-state index in [4.69, 9.17) is 0 Å². The van der Waals surface area contributed by atoms with Crippen LogP contribution in [0, 0.1) is 16.7 Å². The summed E-state index contributed by atoms with van der Waals surface area (Å²) in [6.45, 7) is 16.1. The molecule has 0 bridgehead atoms. The molecule has 1 saturated heterocycles. The highest BCUT2D eigenvalue weighted by molar-refractivity contribution is 5.04. The summed E-state index contributed by atoms with van der Waals surface area (Å²) in [4.78, 5) is 2.83. The molecule has 0 aromatic heterocycles. The fourth-order valence-corrected chi connectivity index (χ4v) is 5.39. The second-order valence-corrected chi connectivity index (χ2v) is 9.66. The topological polar surface area (TPSA) is 15.3 Å². The Morgan fingerprint density at radius 2 is 1.55 bits per heavy atom. The number of piperazine rings is 1. The number of nitrogens with one attached hydrogen (secondary N) is 1. The summed E-state index contributed by atoms with van der Waals surface area (Å²) in [7, 11) is 0. The molecule has 2 heteroatoms. The Labute approximate surface area is 125 Å². The summed E-state index contributed by atoms with van der Waals surface area (Å²) >= 11 is 0. The average molecular weight is 278 g/mol. The van der Waals surface area contributed by atoms with Crippen molar-refractivity contribution in [2.24, 2.45) is 16.7 Å². The lowest BCUT2D eigenvalue weighted by molar-refractivity contribution is -0.00301. The van der Waals surface area contributed by atoms with Crippen LogP contribution < -0.4 is 5.32 Å². The first-order valence-corrected chi connectivity index (χ1v) is 8.68. The third-order valence-electron chi connectivity index (χ3n) is 5.99. The SMILES string of the molecule is CC1(C)CC(N2CCNC(C)(C3CC3)C2)CC(C)(C)C1. The molecule has 0 aromatic rings. The van der Waals surface area contributed by atoms with Crippen molar-refractivity contribution in [1.29, 1.82) is 0 Å². The highest BCUT2D eigenvalue weighted by Crippen LogP contribution is 2.48. The first kappa shape index (κ1) is 14.8. The van der Waals surface area contributed by atoms with Gasteiger partial charge in [-0.25, -0.2) is 0 Å². The van der Waals surface area contributed by atoms with Crippen LogP contribution in [-0.4, -0.2) is 36.1 Å². The Kier molecular flexibility index (Phi) is 3.49. The van der Waals surface area contributed by atoms with Gasteiger partial charge in [-0.2, -0.15) is 0 Å². The molecular formula is C18H34N2. The zero-order valence-corrected chi connectivity index (χ0v) is 14.3. The zero-order valence-electron chi connectivity index (χ0n) is 14.3. The normalized spacial score (nSPS) is 38.9. The minimum atomic E-state index is 0.393. The van der Waals surface area contributed by atoms with Crippen LogP contribution in [0.5, 0.6) is 0 Å². The second-order valence-electron chi connectivity index (χ2n) is 9.66. The highest BCUT2D eigenvalue weighted by Gasteiger charge is 2.47. The molecule has 0 radical (unpaired) electrons. The quantitative estimate of drug-likeness (QED) is 0.829. The summed E-state index contributed by atoms with van der Waals surface area (Å²) in [5, 5.41) is 3.83. The molecule has 116 valence electrons. The summed E-state index contributed by atoms with van der Waals surface area (Å²) in [5.41, 5.74) is 1.41. The number of rotatable bonds is 2. The molecule has 3 rings (SSSR count). The molecule has 1 unspecified atom stereocenters. The maximum atomic E-state index is 3.83. The smallest absolute Gasteiger partial charge is 0.0309 e. The van der Waals surface area contributed by atoms with Gasteiger partial charge in [0, 0.05) is 31.2 Å². The summed E-state index contributed by atoms with van der Waals surface area (Å²) in [6.07, 6.45) is 7.04. The van der Waals surface area contributed by atoms with Crippen molar-refractivity contribution in [3.05, 3.63) is 0 Å². The van der Waals surface area contributed by atoms with Crippen LogP contribution in [0.4, 0.5) is 0 Å². The summed E-state index contributed by atoms with van der Waals surface area (Å²) in [5.74, 6) is 0.940. The van der Waals surface area contributed by atoms with Gasteiger partial charge in [0.25, 0.3) is 0 Å². The lowest BCUT2D eigenvalue weighted by Crippen LogP contribution is -2.63. The van der Waals surface area contributed by atoms with Gasteiger partial charge in [-0.1, -0.05) is 27.7 Å². The van der Waals surface area contributed by atoms with E-state index >= 15 is 0 Å². The van der Waals surface area contributed by atoms with Gasteiger partial charge in [-0.3, -0.25) is 4.90 Å². The average Bonchev–Trinajstić information content (AvgIpc) is 3.08. The molecule has 0 aromatic carbocycles.